The summed E-state index contributed by atoms with van der Waals surface area (Å²) in [6.45, 7) is -0.377. The summed E-state index contributed by atoms with van der Waals surface area (Å²) in [5, 5.41) is 8.47. The lowest BCUT2D eigenvalue weighted by atomic mass is 10.5. The van der Waals surface area contributed by atoms with Crippen LogP contribution in [0.15, 0.2) is 0 Å². The Balaban J connectivity index is 4.63. The van der Waals surface area contributed by atoms with Crippen molar-refractivity contribution in [2.75, 3.05) is 25.4 Å². The summed E-state index contributed by atoms with van der Waals surface area (Å²) < 4.78 is 59.7. The number of aliphatic hydroxyl groups is 1. The average Bonchev–Trinajstić information content (AvgIpc) is 2.12. The molecule has 0 aliphatic carbocycles. The third-order valence-corrected chi connectivity index (χ3v) is 3.69. The van der Waals surface area contributed by atoms with Gasteiger partial charge in [-0.05, 0) is 12.8 Å². The first kappa shape index (κ1) is 15.7. The first-order valence-corrected chi connectivity index (χ1v) is 6.49. The van der Waals surface area contributed by atoms with E-state index < -0.39 is 28.5 Å². The van der Waals surface area contributed by atoms with Crippen molar-refractivity contribution in [2.45, 2.75) is 25.9 Å². The number of rotatable bonds is 7. The standard InChI is InChI=1S/C8H16F3NO3S/c1-2-4-12(7-8(9,10)11)16(14,15)6-3-5-13/h13H,2-7H2,1H3. The van der Waals surface area contributed by atoms with Crippen LogP contribution in [0.5, 0.6) is 0 Å². The van der Waals surface area contributed by atoms with Gasteiger partial charge in [0.05, 0.1) is 5.75 Å². The van der Waals surface area contributed by atoms with Crippen LogP contribution in [-0.2, 0) is 10.0 Å². The van der Waals surface area contributed by atoms with E-state index in [1.807, 2.05) is 0 Å². The first-order valence-electron chi connectivity index (χ1n) is 4.88. The highest BCUT2D eigenvalue weighted by atomic mass is 32.2. The summed E-state index contributed by atoms with van der Waals surface area (Å²) in [6, 6.07) is 0. The Morgan fingerprint density at radius 1 is 1.31 bits per heavy atom. The lowest BCUT2D eigenvalue weighted by Gasteiger charge is -2.22. The fourth-order valence-electron chi connectivity index (χ4n) is 1.14. The lowest BCUT2D eigenvalue weighted by molar-refractivity contribution is -0.136. The quantitative estimate of drug-likeness (QED) is 0.744. The Labute approximate surface area is 93.1 Å². The fourth-order valence-corrected chi connectivity index (χ4v) is 2.70. The molecule has 0 aromatic heterocycles. The van der Waals surface area contributed by atoms with E-state index in [2.05, 4.69) is 0 Å². The van der Waals surface area contributed by atoms with Crippen LogP contribution in [0.3, 0.4) is 0 Å². The molecule has 0 saturated heterocycles. The number of nitrogens with zero attached hydrogens (tertiary/aromatic N) is 1. The van der Waals surface area contributed by atoms with Gasteiger partial charge in [-0.2, -0.15) is 17.5 Å². The molecule has 0 radical (unpaired) electrons. The van der Waals surface area contributed by atoms with Gasteiger partial charge < -0.3 is 5.11 Å². The lowest BCUT2D eigenvalue weighted by Crippen LogP contribution is -2.40. The van der Waals surface area contributed by atoms with Crippen molar-refractivity contribution >= 4 is 10.0 Å². The molecule has 0 bridgehead atoms. The Hall–Kier alpha value is -0.340. The molecule has 0 saturated carbocycles. The van der Waals surface area contributed by atoms with Crippen LogP contribution in [0.1, 0.15) is 19.8 Å². The molecule has 98 valence electrons. The van der Waals surface area contributed by atoms with E-state index in [1.165, 1.54) is 0 Å². The van der Waals surface area contributed by atoms with Crippen molar-refractivity contribution in [1.29, 1.82) is 0 Å². The number of halogens is 3. The highest BCUT2D eigenvalue weighted by Crippen LogP contribution is 2.19. The molecule has 1 N–H and O–H groups in total. The van der Waals surface area contributed by atoms with Crippen LogP contribution in [-0.4, -0.2) is 49.5 Å². The van der Waals surface area contributed by atoms with Gasteiger partial charge in [-0.25, -0.2) is 8.42 Å². The van der Waals surface area contributed by atoms with Crippen LogP contribution in [0, 0.1) is 0 Å². The number of aliphatic hydroxyl groups excluding tert-OH is 1. The number of hydrogen-bond donors (Lipinski definition) is 1. The molecule has 0 aromatic rings. The van der Waals surface area contributed by atoms with Gasteiger partial charge in [0, 0.05) is 13.2 Å². The van der Waals surface area contributed by atoms with E-state index in [-0.39, 0.29) is 19.6 Å². The highest BCUT2D eigenvalue weighted by Gasteiger charge is 2.35. The first-order chi connectivity index (χ1) is 7.23. The zero-order valence-electron chi connectivity index (χ0n) is 9.00. The molecule has 16 heavy (non-hydrogen) atoms. The van der Waals surface area contributed by atoms with Crippen molar-refractivity contribution < 1.29 is 26.7 Å². The third kappa shape index (κ3) is 6.29. The zero-order valence-corrected chi connectivity index (χ0v) is 9.81. The second kappa shape index (κ2) is 6.41. The highest BCUT2D eigenvalue weighted by molar-refractivity contribution is 7.89. The van der Waals surface area contributed by atoms with E-state index in [0.717, 1.165) is 0 Å². The van der Waals surface area contributed by atoms with E-state index >= 15 is 0 Å². The maximum atomic E-state index is 12.1. The molecule has 0 heterocycles. The van der Waals surface area contributed by atoms with Gasteiger partial charge in [0.15, 0.2) is 0 Å². The van der Waals surface area contributed by atoms with Crippen molar-refractivity contribution in [3.8, 4) is 0 Å². The van der Waals surface area contributed by atoms with E-state index in [1.54, 1.807) is 6.92 Å². The molecule has 0 atom stereocenters. The second-order valence-electron chi connectivity index (χ2n) is 3.34. The minimum Gasteiger partial charge on any atom is -0.396 e. The molecular formula is C8H16F3NO3S. The van der Waals surface area contributed by atoms with Crippen molar-refractivity contribution in [1.82, 2.24) is 4.31 Å². The molecule has 0 aliphatic heterocycles. The summed E-state index contributed by atoms with van der Waals surface area (Å²) >= 11 is 0. The van der Waals surface area contributed by atoms with Gasteiger partial charge in [0.1, 0.15) is 6.54 Å². The molecule has 0 spiro atoms. The van der Waals surface area contributed by atoms with Gasteiger partial charge >= 0.3 is 6.18 Å². The molecule has 8 heteroatoms. The predicted molar refractivity (Wildman–Crippen MR) is 53.4 cm³/mol. The maximum Gasteiger partial charge on any atom is 0.402 e. The van der Waals surface area contributed by atoms with Crippen LogP contribution >= 0.6 is 0 Å². The Morgan fingerprint density at radius 2 is 1.88 bits per heavy atom. The number of hydrogen-bond acceptors (Lipinski definition) is 3. The summed E-state index contributed by atoms with van der Waals surface area (Å²) in [5.41, 5.74) is 0. The van der Waals surface area contributed by atoms with Crippen LogP contribution in [0.4, 0.5) is 13.2 Å². The summed E-state index contributed by atoms with van der Waals surface area (Å²) in [5.74, 6) is -0.459. The fraction of sp³-hybridized carbons (Fsp3) is 1.00. The molecule has 0 amide bonds. The minimum absolute atomic E-state index is 0.0552. The van der Waals surface area contributed by atoms with Gasteiger partial charge in [-0.3, -0.25) is 0 Å². The smallest absolute Gasteiger partial charge is 0.396 e. The van der Waals surface area contributed by atoms with Gasteiger partial charge in [0.25, 0.3) is 0 Å². The summed E-state index contributed by atoms with van der Waals surface area (Å²) in [6.07, 6.45) is -4.28. The predicted octanol–water partition coefficient (Wildman–Crippen LogP) is 0.973. The van der Waals surface area contributed by atoms with E-state index in [4.69, 9.17) is 5.11 Å². The zero-order chi connectivity index (χ0) is 12.8. The second-order valence-corrected chi connectivity index (χ2v) is 5.43. The normalized spacial score (nSPS) is 13.4. The van der Waals surface area contributed by atoms with Gasteiger partial charge in [-0.1, -0.05) is 6.92 Å². The number of alkyl halides is 3. The molecule has 0 aromatic carbocycles. The third-order valence-electron chi connectivity index (χ3n) is 1.78. The SMILES string of the molecule is CCCN(CC(F)(F)F)S(=O)(=O)CCCO. The average molecular weight is 263 g/mol. The molecule has 0 aliphatic rings. The molecule has 0 unspecified atom stereocenters. The molecule has 0 fully saturated rings. The van der Waals surface area contributed by atoms with E-state index in [9.17, 15) is 21.6 Å². The van der Waals surface area contributed by atoms with Crippen molar-refractivity contribution in [2.24, 2.45) is 0 Å². The van der Waals surface area contributed by atoms with Crippen LogP contribution in [0.2, 0.25) is 0 Å². The summed E-state index contributed by atoms with van der Waals surface area (Å²) in [4.78, 5) is 0. The Bertz CT molecular complexity index is 289. The maximum absolute atomic E-state index is 12.1. The van der Waals surface area contributed by atoms with Gasteiger partial charge in [0.2, 0.25) is 10.0 Å². The molecule has 0 rings (SSSR count). The summed E-state index contributed by atoms with van der Waals surface area (Å²) in [7, 11) is -3.93. The van der Waals surface area contributed by atoms with Crippen LogP contribution in [0.25, 0.3) is 0 Å². The number of sulfonamides is 1. The van der Waals surface area contributed by atoms with Crippen molar-refractivity contribution in [3.63, 3.8) is 0 Å². The van der Waals surface area contributed by atoms with Gasteiger partial charge in [-0.15, -0.1) is 0 Å². The molecular weight excluding hydrogens is 247 g/mol. The van der Waals surface area contributed by atoms with E-state index in [0.29, 0.717) is 10.7 Å². The van der Waals surface area contributed by atoms with Crippen LogP contribution < -0.4 is 0 Å². The Kier molecular flexibility index (Phi) is 6.27. The molecule has 4 nitrogen and oxygen atoms in total. The topological polar surface area (TPSA) is 57.6 Å². The van der Waals surface area contributed by atoms with Crippen molar-refractivity contribution in [3.05, 3.63) is 0 Å². The largest absolute Gasteiger partial charge is 0.402 e. The Morgan fingerprint density at radius 3 is 2.25 bits per heavy atom. The minimum atomic E-state index is -4.54. The monoisotopic (exact) mass is 263 g/mol.